The van der Waals surface area contributed by atoms with Gasteiger partial charge in [0.05, 0.1) is 0 Å². The van der Waals surface area contributed by atoms with E-state index in [1.54, 1.807) is 0 Å². The number of carbonyl (C=O) groups is 1. The standard InChI is InChI=1S/C27H36N4O/c1-29-14-9-23(10-15-29)26(32)31-19-25-8-3-2-7-24(25)16-27(21-31)11-5-13-30(20-27)18-22-6-4-12-28-17-22/h2-4,6-8,12,17,23H,5,9-11,13-16,18-21H2,1H3. The van der Waals surface area contributed by atoms with Crippen molar-refractivity contribution in [1.29, 1.82) is 0 Å². The van der Waals surface area contributed by atoms with Gasteiger partial charge in [0, 0.05) is 49.9 Å². The van der Waals surface area contributed by atoms with Crippen molar-refractivity contribution in [3.63, 3.8) is 0 Å². The number of rotatable bonds is 3. The fourth-order valence-corrected chi connectivity index (χ4v) is 6.15. The van der Waals surface area contributed by atoms with Crippen molar-refractivity contribution in [3.05, 3.63) is 65.5 Å². The fraction of sp³-hybridized carbons (Fsp3) is 0.556. The SMILES string of the molecule is CN1CCC(C(=O)N2Cc3ccccc3CC3(CCCN(Cc4cccnc4)C3)C2)CC1. The lowest BCUT2D eigenvalue weighted by Gasteiger charge is -2.45. The lowest BCUT2D eigenvalue weighted by Crippen LogP contribution is -2.51. The molecular formula is C27H36N4O. The first-order valence-electron chi connectivity index (χ1n) is 12.3. The van der Waals surface area contributed by atoms with Gasteiger partial charge in [-0.2, -0.15) is 0 Å². The molecule has 1 spiro atoms. The van der Waals surface area contributed by atoms with Gasteiger partial charge in [-0.1, -0.05) is 30.3 Å². The highest BCUT2D eigenvalue weighted by atomic mass is 16.2. The van der Waals surface area contributed by atoms with Crippen LogP contribution in [0.3, 0.4) is 0 Å². The third-order valence-electron chi connectivity index (χ3n) is 7.82. The van der Waals surface area contributed by atoms with Gasteiger partial charge in [0.25, 0.3) is 0 Å². The Balaban J connectivity index is 1.39. The smallest absolute Gasteiger partial charge is 0.226 e. The first kappa shape index (κ1) is 21.6. The van der Waals surface area contributed by atoms with E-state index in [0.29, 0.717) is 5.91 Å². The molecule has 5 heteroatoms. The van der Waals surface area contributed by atoms with Crippen LogP contribution in [0.15, 0.2) is 48.8 Å². The Bertz CT molecular complexity index is 924. The molecule has 0 bridgehead atoms. The van der Waals surface area contributed by atoms with Crippen molar-refractivity contribution in [1.82, 2.24) is 19.7 Å². The molecule has 4 heterocycles. The molecule has 170 valence electrons. The van der Waals surface area contributed by atoms with Crippen LogP contribution in [-0.2, 0) is 24.3 Å². The van der Waals surface area contributed by atoms with E-state index in [4.69, 9.17) is 0 Å². The molecule has 3 aliphatic rings. The average molecular weight is 433 g/mol. The van der Waals surface area contributed by atoms with Gasteiger partial charge in [-0.05, 0) is 81.5 Å². The Morgan fingerprint density at radius 1 is 1.06 bits per heavy atom. The second-order valence-electron chi connectivity index (χ2n) is 10.4. The minimum atomic E-state index is 0.133. The van der Waals surface area contributed by atoms with E-state index in [1.165, 1.54) is 29.5 Å². The minimum Gasteiger partial charge on any atom is -0.338 e. The highest BCUT2D eigenvalue weighted by Gasteiger charge is 2.41. The highest BCUT2D eigenvalue weighted by Crippen LogP contribution is 2.39. The van der Waals surface area contributed by atoms with E-state index >= 15 is 0 Å². The summed E-state index contributed by atoms with van der Waals surface area (Å²) in [4.78, 5) is 25.2. The van der Waals surface area contributed by atoms with Crippen LogP contribution >= 0.6 is 0 Å². The molecule has 0 radical (unpaired) electrons. The van der Waals surface area contributed by atoms with E-state index in [2.05, 4.69) is 57.1 Å². The second-order valence-corrected chi connectivity index (χ2v) is 10.4. The molecule has 1 aromatic heterocycles. The van der Waals surface area contributed by atoms with Crippen LogP contribution in [0, 0.1) is 11.3 Å². The summed E-state index contributed by atoms with van der Waals surface area (Å²) in [7, 11) is 2.16. The van der Waals surface area contributed by atoms with Gasteiger partial charge in [0.2, 0.25) is 5.91 Å². The van der Waals surface area contributed by atoms with Gasteiger partial charge in [0.1, 0.15) is 0 Å². The maximum absolute atomic E-state index is 13.7. The number of benzene rings is 1. The Morgan fingerprint density at radius 3 is 2.66 bits per heavy atom. The quantitative estimate of drug-likeness (QED) is 0.743. The Morgan fingerprint density at radius 2 is 1.88 bits per heavy atom. The molecular weight excluding hydrogens is 396 g/mol. The van der Waals surface area contributed by atoms with Crippen LogP contribution in [-0.4, -0.2) is 65.4 Å². The summed E-state index contributed by atoms with van der Waals surface area (Å²) >= 11 is 0. The number of likely N-dealkylation sites (tertiary alicyclic amines) is 2. The Hall–Kier alpha value is -2.24. The zero-order valence-electron chi connectivity index (χ0n) is 19.4. The van der Waals surface area contributed by atoms with Crippen LogP contribution in [0.4, 0.5) is 0 Å². The maximum atomic E-state index is 13.7. The van der Waals surface area contributed by atoms with Crippen LogP contribution in [0.2, 0.25) is 0 Å². The molecule has 0 aliphatic carbocycles. The van der Waals surface area contributed by atoms with Gasteiger partial charge >= 0.3 is 0 Å². The molecule has 5 nitrogen and oxygen atoms in total. The Labute approximate surface area is 192 Å². The topological polar surface area (TPSA) is 39.7 Å². The zero-order valence-corrected chi connectivity index (χ0v) is 19.4. The molecule has 32 heavy (non-hydrogen) atoms. The van der Waals surface area contributed by atoms with Crippen molar-refractivity contribution >= 4 is 5.91 Å². The van der Waals surface area contributed by atoms with E-state index < -0.39 is 0 Å². The summed E-state index contributed by atoms with van der Waals surface area (Å²) in [5.74, 6) is 0.571. The zero-order chi connectivity index (χ0) is 22.0. The summed E-state index contributed by atoms with van der Waals surface area (Å²) in [6.07, 6.45) is 9.28. The number of amides is 1. The summed E-state index contributed by atoms with van der Waals surface area (Å²) in [6, 6.07) is 13.0. The maximum Gasteiger partial charge on any atom is 0.226 e. The van der Waals surface area contributed by atoms with Crippen molar-refractivity contribution in [3.8, 4) is 0 Å². The number of hydrogen-bond donors (Lipinski definition) is 0. The monoisotopic (exact) mass is 432 g/mol. The number of fused-ring (bicyclic) bond motifs is 1. The van der Waals surface area contributed by atoms with Crippen LogP contribution in [0.1, 0.15) is 42.4 Å². The van der Waals surface area contributed by atoms with Gasteiger partial charge in [0.15, 0.2) is 0 Å². The molecule has 2 fully saturated rings. The molecule has 0 N–H and O–H groups in total. The van der Waals surface area contributed by atoms with Crippen LogP contribution < -0.4 is 0 Å². The van der Waals surface area contributed by atoms with Crippen molar-refractivity contribution < 1.29 is 4.79 Å². The fourth-order valence-electron chi connectivity index (χ4n) is 6.15. The Kier molecular flexibility index (Phi) is 6.29. The highest BCUT2D eigenvalue weighted by molar-refractivity contribution is 5.79. The molecule has 1 aromatic carbocycles. The average Bonchev–Trinajstić information content (AvgIpc) is 2.96. The van der Waals surface area contributed by atoms with E-state index in [1.807, 2.05) is 18.5 Å². The molecule has 1 unspecified atom stereocenters. The summed E-state index contributed by atoms with van der Waals surface area (Å²) < 4.78 is 0. The van der Waals surface area contributed by atoms with Crippen molar-refractivity contribution in [2.75, 3.05) is 39.8 Å². The third kappa shape index (κ3) is 4.74. The molecule has 5 rings (SSSR count). The number of pyridine rings is 1. The minimum absolute atomic E-state index is 0.133. The van der Waals surface area contributed by atoms with E-state index in [-0.39, 0.29) is 11.3 Å². The van der Waals surface area contributed by atoms with E-state index in [0.717, 1.165) is 65.1 Å². The largest absolute Gasteiger partial charge is 0.338 e. The van der Waals surface area contributed by atoms with Crippen molar-refractivity contribution in [2.24, 2.45) is 11.3 Å². The molecule has 2 aromatic rings. The molecule has 1 atom stereocenters. The number of nitrogens with zero attached hydrogens (tertiary/aromatic N) is 4. The molecule has 3 aliphatic heterocycles. The first-order chi connectivity index (χ1) is 15.6. The number of aromatic nitrogens is 1. The van der Waals surface area contributed by atoms with Gasteiger partial charge in [-0.3, -0.25) is 14.7 Å². The van der Waals surface area contributed by atoms with Gasteiger partial charge in [-0.25, -0.2) is 0 Å². The third-order valence-corrected chi connectivity index (χ3v) is 7.82. The van der Waals surface area contributed by atoms with Gasteiger partial charge < -0.3 is 9.80 Å². The molecule has 1 amide bonds. The number of hydrogen-bond acceptors (Lipinski definition) is 4. The predicted molar refractivity (Wildman–Crippen MR) is 127 cm³/mol. The summed E-state index contributed by atoms with van der Waals surface area (Å²) in [6.45, 7) is 6.84. The molecule has 2 saturated heterocycles. The lowest BCUT2D eigenvalue weighted by atomic mass is 9.74. The summed E-state index contributed by atoms with van der Waals surface area (Å²) in [5, 5.41) is 0. The first-order valence-corrected chi connectivity index (χ1v) is 12.3. The van der Waals surface area contributed by atoms with Crippen LogP contribution in [0.25, 0.3) is 0 Å². The van der Waals surface area contributed by atoms with Crippen LogP contribution in [0.5, 0.6) is 0 Å². The van der Waals surface area contributed by atoms with Crippen molar-refractivity contribution in [2.45, 2.75) is 45.2 Å². The lowest BCUT2D eigenvalue weighted by molar-refractivity contribution is -0.140. The molecule has 0 saturated carbocycles. The second kappa shape index (κ2) is 9.32. The van der Waals surface area contributed by atoms with E-state index in [9.17, 15) is 4.79 Å². The normalized spacial score (nSPS) is 25.5. The number of carbonyl (C=O) groups excluding carboxylic acids is 1. The predicted octanol–water partition coefficient (Wildman–Crippen LogP) is 3.59. The number of piperidine rings is 2. The van der Waals surface area contributed by atoms with Gasteiger partial charge in [-0.15, -0.1) is 0 Å². The summed E-state index contributed by atoms with van der Waals surface area (Å²) in [5.41, 5.74) is 4.19.